The summed E-state index contributed by atoms with van der Waals surface area (Å²) < 4.78 is 4.29. The first-order chi connectivity index (χ1) is 9.88. The quantitative estimate of drug-likeness (QED) is 0.803. The van der Waals surface area contributed by atoms with E-state index in [9.17, 15) is 9.59 Å². The molecule has 110 valence electrons. The molecule has 3 aromatic rings. The predicted molar refractivity (Wildman–Crippen MR) is 81.6 cm³/mol. The minimum absolute atomic E-state index is 0.0300. The molecule has 0 bridgehead atoms. The molecule has 0 aliphatic carbocycles. The van der Waals surface area contributed by atoms with Crippen LogP contribution in [-0.4, -0.2) is 25.3 Å². The Kier molecular flexibility index (Phi) is 3.26. The van der Waals surface area contributed by atoms with Gasteiger partial charge in [0, 0.05) is 5.92 Å². The molecule has 3 heterocycles. The number of hydrogen-bond acceptors (Lipinski definition) is 4. The van der Waals surface area contributed by atoms with Crippen LogP contribution in [0.15, 0.2) is 16.9 Å². The molecule has 0 radical (unpaired) electrons. The highest BCUT2D eigenvalue weighted by Crippen LogP contribution is 2.32. The molecule has 1 N–H and O–H groups in total. The van der Waals surface area contributed by atoms with Gasteiger partial charge in [-0.2, -0.15) is 5.10 Å². The number of carbonyl (C=O) groups is 1. The van der Waals surface area contributed by atoms with Crippen molar-refractivity contribution in [2.75, 3.05) is 0 Å². The fourth-order valence-corrected chi connectivity index (χ4v) is 3.48. The number of hydrogen-bond donors (Lipinski definition) is 1. The molecule has 0 atom stereocenters. The van der Waals surface area contributed by atoms with Gasteiger partial charge >= 0.3 is 5.97 Å². The molecular formula is C13H12ClN3O3S. The molecule has 0 aromatic carbocycles. The van der Waals surface area contributed by atoms with Crippen molar-refractivity contribution in [2.24, 2.45) is 0 Å². The molecule has 6 nitrogen and oxygen atoms in total. The highest BCUT2D eigenvalue weighted by molar-refractivity contribution is 7.22. The third kappa shape index (κ3) is 2.22. The molecular weight excluding hydrogens is 314 g/mol. The van der Waals surface area contributed by atoms with Crippen LogP contribution in [0.3, 0.4) is 0 Å². The standard InChI is InChI=1S/C13H12ClN3O3S/c1-6(2)12-15-16(5-11(18)19)13(20)8-3-9-7(17(8)12)4-10(14)21-9/h3-4,6H,5H2,1-2H3,(H,18,19). The molecule has 3 rings (SSSR count). The number of thiophene rings is 1. The Balaban J connectivity index is 2.44. The smallest absolute Gasteiger partial charge is 0.325 e. The van der Waals surface area contributed by atoms with Gasteiger partial charge in [-0.05, 0) is 12.1 Å². The zero-order valence-electron chi connectivity index (χ0n) is 11.3. The molecule has 0 spiro atoms. The van der Waals surface area contributed by atoms with Gasteiger partial charge < -0.3 is 5.11 Å². The normalized spacial score (nSPS) is 11.8. The minimum Gasteiger partial charge on any atom is -0.480 e. The van der Waals surface area contributed by atoms with Gasteiger partial charge in [-0.25, -0.2) is 4.68 Å². The maximum atomic E-state index is 12.4. The van der Waals surface area contributed by atoms with Crippen LogP contribution in [0.1, 0.15) is 25.6 Å². The molecule has 0 unspecified atom stereocenters. The summed E-state index contributed by atoms with van der Waals surface area (Å²) in [5, 5.41) is 13.1. The van der Waals surface area contributed by atoms with Crippen molar-refractivity contribution in [1.29, 1.82) is 0 Å². The lowest BCUT2D eigenvalue weighted by Crippen LogP contribution is -2.30. The lowest BCUT2D eigenvalue weighted by Gasteiger charge is -2.11. The van der Waals surface area contributed by atoms with E-state index in [0.717, 1.165) is 14.9 Å². The number of halogens is 1. The van der Waals surface area contributed by atoms with Gasteiger partial charge in [0.15, 0.2) is 0 Å². The van der Waals surface area contributed by atoms with Gasteiger partial charge in [0.25, 0.3) is 5.56 Å². The maximum absolute atomic E-state index is 12.4. The summed E-state index contributed by atoms with van der Waals surface area (Å²) in [5.41, 5.74) is 0.838. The van der Waals surface area contributed by atoms with E-state index < -0.39 is 18.1 Å². The second-order valence-corrected chi connectivity index (χ2v) is 6.75. The Morgan fingerprint density at radius 1 is 1.43 bits per heavy atom. The van der Waals surface area contributed by atoms with Crippen LogP contribution in [0.25, 0.3) is 15.7 Å². The first-order valence-corrected chi connectivity index (χ1v) is 7.51. The Morgan fingerprint density at radius 3 is 2.76 bits per heavy atom. The van der Waals surface area contributed by atoms with Crippen molar-refractivity contribution in [3.05, 3.63) is 32.6 Å². The Labute approximate surface area is 128 Å². The van der Waals surface area contributed by atoms with Crippen LogP contribution in [0.4, 0.5) is 0 Å². The number of aliphatic carboxylic acids is 1. The maximum Gasteiger partial charge on any atom is 0.325 e. The lowest BCUT2D eigenvalue weighted by molar-refractivity contribution is -0.138. The number of fused-ring (bicyclic) bond motifs is 3. The second kappa shape index (κ2) is 4.85. The van der Waals surface area contributed by atoms with E-state index in [4.69, 9.17) is 16.7 Å². The minimum atomic E-state index is -1.10. The predicted octanol–water partition coefficient (Wildman–Crippen LogP) is 2.57. The molecule has 0 aliphatic rings. The zero-order chi connectivity index (χ0) is 15.3. The average Bonchev–Trinajstić information content (AvgIpc) is 2.88. The van der Waals surface area contributed by atoms with Crippen molar-refractivity contribution in [2.45, 2.75) is 26.3 Å². The fourth-order valence-electron chi connectivity index (χ4n) is 2.32. The topological polar surface area (TPSA) is 76.6 Å². The van der Waals surface area contributed by atoms with Crippen LogP contribution >= 0.6 is 22.9 Å². The first kappa shape index (κ1) is 14.1. The van der Waals surface area contributed by atoms with Gasteiger partial charge in [-0.3, -0.25) is 14.0 Å². The summed E-state index contributed by atoms with van der Waals surface area (Å²) in [4.78, 5) is 23.3. The number of carboxylic acid groups (broad SMARTS) is 1. The Morgan fingerprint density at radius 2 is 2.14 bits per heavy atom. The summed E-state index contributed by atoms with van der Waals surface area (Å²) in [6, 6.07) is 3.53. The van der Waals surface area contributed by atoms with Crippen LogP contribution in [0.2, 0.25) is 4.34 Å². The molecule has 0 saturated heterocycles. The molecule has 0 amide bonds. The first-order valence-electron chi connectivity index (χ1n) is 6.31. The van der Waals surface area contributed by atoms with Crippen LogP contribution in [0.5, 0.6) is 0 Å². The number of nitrogens with zero attached hydrogens (tertiary/aromatic N) is 3. The molecule has 0 saturated carbocycles. The van der Waals surface area contributed by atoms with Gasteiger partial charge in [0.05, 0.1) is 14.6 Å². The van der Waals surface area contributed by atoms with Crippen LogP contribution < -0.4 is 5.56 Å². The number of carboxylic acids is 1. The van der Waals surface area contributed by atoms with E-state index in [-0.39, 0.29) is 5.92 Å². The van der Waals surface area contributed by atoms with E-state index in [1.807, 2.05) is 13.8 Å². The van der Waals surface area contributed by atoms with Gasteiger partial charge in [-0.15, -0.1) is 11.3 Å². The molecule has 21 heavy (non-hydrogen) atoms. The summed E-state index contributed by atoms with van der Waals surface area (Å²) >= 11 is 7.40. The van der Waals surface area contributed by atoms with E-state index in [1.54, 1.807) is 16.5 Å². The van der Waals surface area contributed by atoms with Crippen molar-refractivity contribution in [3.63, 3.8) is 0 Å². The number of aromatic nitrogens is 3. The average molecular weight is 326 g/mol. The third-order valence-electron chi connectivity index (χ3n) is 3.17. The van der Waals surface area contributed by atoms with Crippen molar-refractivity contribution in [1.82, 2.24) is 14.2 Å². The number of rotatable bonds is 3. The molecule has 8 heteroatoms. The monoisotopic (exact) mass is 325 g/mol. The van der Waals surface area contributed by atoms with Crippen LogP contribution in [0, 0.1) is 0 Å². The van der Waals surface area contributed by atoms with Gasteiger partial charge in [0.2, 0.25) is 0 Å². The van der Waals surface area contributed by atoms with Crippen molar-refractivity contribution < 1.29 is 9.90 Å². The highest BCUT2D eigenvalue weighted by Gasteiger charge is 2.18. The highest BCUT2D eigenvalue weighted by atomic mass is 35.5. The molecule has 0 fully saturated rings. The van der Waals surface area contributed by atoms with E-state index in [1.165, 1.54) is 11.3 Å². The Bertz CT molecular complexity index is 922. The van der Waals surface area contributed by atoms with Crippen molar-refractivity contribution in [3.8, 4) is 0 Å². The third-order valence-corrected chi connectivity index (χ3v) is 4.37. The Hall–Kier alpha value is -1.86. The van der Waals surface area contributed by atoms with Crippen molar-refractivity contribution >= 4 is 44.6 Å². The fraction of sp³-hybridized carbons (Fsp3) is 0.308. The summed E-state index contributed by atoms with van der Waals surface area (Å²) in [6.07, 6.45) is 0. The van der Waals surface area contributed by atoms with Crippen LogP contribution in [-0.2, 0) is 11.3 Å². The second-order valence-electron chi connectivity index (χ2n) is 5.03. The van der Waals surface area contributed by atoms with E-state index >= 15 is 0 Å². The molecule has 0 aliphatic heterocycles. The largest absolute Gasteiger partial charge is 0.480 e. The molecule has 3 aromatic heterocycles. The summed E-state index contributed by atoms with van der Waals surface area (Å²) in [5.74, 6) is -0.433. The summed E-state index contributed by atoms with van der Waals surface area (Å²) in [7, 11) is 0. The van der Waals surface area contributed by atoms with E-state index in [2.05, 4.69) is 5.10 Å². The SMILES string of the molecule is CC(C)c1nn(CC(=O)O)c(=O)c2cc3sc(Cl)cc3n12. The van der Waals surface area contributed by atoms with E-state index in [0.29, 0.717) is 15.7 Å². The lowest BCUT2D eigenvalue weighted by atomic mass is 10.2. The van der Waals surface area contributed by atoms with Gasteiger partial charge in [-0.1, -0.05) is 25.4 Å². The zero-order valence-corrected chi connectivity index (χ0v) is 12.9. The van der Waals surface area contributed by atoms with Gasteiger partial charge in [0.1, 0.15) is 17.9 Å². The summed E-state index contributed by atoms with van der Waals surface area (Å²) in [6.45, 7) is 3.43.